The molecule has 15 heavy (non-hydrogen) atoms. The Labute approximate surface area is 99.0 Å². The van der Waals surface area contributed by atoms with Crippen molar-refractivity contribution in [3.05, 3.63) is 33.3 Å². The van der Waals surface area contributed by atoms with Crippen LogP contribution in [0.15, 0.2) is 38.3 Å². The molecule has 5 heteroatoms. The summed E-state index contributed by atoms with van der Waals surface area (Å²) in [5, 5.41) is 2.92. The van der Waals surface area contributed by atoms with Gasteiger partial charge >= 0.3 is 0 Å². The van der Waals surface area contributed by atoms with Crippen molar-refractivity contribution in [2.45, 2.75) is 19.8 Å². The highest BCUT2D eigenvalue weighted by Crippen LogP contribution is 2.30. The van der Waals surface area contributed by atoms with Crippen molar-refractivity contribution in [3.8, 4) is 0 Å². The van der Waals surface area contributed by atoms with E-state index in [0.29, 0.717) is 10.9 Å². The molecule has 0 spiro atoms. The molecule has 82 valence electrons. The molecule has 0 fully saturated rings. The standard InChI is InChI=1S/C10H14ClN3S/c1-3-7-4-8(10(13)15-5-7)9(12)14-6(2)11/h5H,2-4,13H2,1H3,(H2,12,14). The van der Waals surface area contributed by atoms with Crippen molar-refractivity contribution in [3.63, 3.8) is 0 Å². The second-order valence-electron chi connectivity index (χ2n) is 3.14. The number of halogens is 1. The Morgan fingerprint density at radius 1 is 1.73 bits per heavy atom. The highest BCUT2D eigenvalue weighted by molar-refractivity contribution is 8.05. The quantitative estimate of drug-likeness (QED) is 0.455. The fourth-order valence-electron chi connectivity index (χ4n) is 1.20. The first-order valence-corrected chi connectivity index (χ1v) is 5.82. The van der Waals surface area contributed by atoms with Gasteiger partial charge in [-0.15, -0.1) is 0 Å². The normalized spacial score (nSPS) is 17.7. The molecule has 0 saturated heterocycles. The molecule has 0 unspecified atom stereocenters. The third kappa shape index (κ3) is 3.32. The van der Waals surface area contributed by atoms with Gasteiger partial charge in [0.1, 0.15) is 11.0 Å². The summed E-state index contributed by atoms with van der Waals surface area (Å²) in [7, 11) is 0. The van der Waals surface area contributed by atoms with Gasteiger partial charge in [0, 0.05) is 12.0 Å². The molecule has 0 aromatic rings. The minimum atomic E-state index is 0.172. The topological polar surface area (TPSA) is 64.4 Å². The minimum absolute atomic E-state index is 0.172. The molecule has 0 aromatic heterocycles. The number of nitrogens with zero attached hydrogens (tertiary/aromatic N) is 1. The molecule has 1 heterocycles. The SMILES string of the molecule is C=C(Cl)/N=C(/N)C1=C(N)SC=C(CC)C1. The summed E-state index contributed by atoms with van der Waals surface area (Å²) in [6, 6.07) is 0. The van der Waals surface area contributed by atoms with Gasteiger partial charge in [-0.1, -0.05) is 42.4 Å². The van der Waals surface area contributed by atoms with Gasteiger partial charge in [0.25, 0.3) is 0 Å². The van der Waals surface area contributed by atoms with E-state index in [4.69, 9.17) is 23.1 Å². The van der Waals surface area contributed by atoms with E-state index in [-0.39, 0.29) is 5.16 Å². The molecule has 0 atom stereocenters. The third-order valence-electron chi connectivity index (χ3n) is 2.06. The smallest absolute Gasteiger partial charge is 0.131 e. The van der Waals surface area contributed by atoms with Gasteiger partial charge in [-0.3, -0.25) is 0 Å². The van der Waals surface area contributed by atoms with Crippen LogP contribution in [-0.2, 0) is 0 Å². The van der Waals surface area contributed by atoms with Crippen LogP contribution in [0.4, 0.5) is 0 Å². The molecule has 4 N–H and O–H groups in total. The molecule has 1 aliphatic rings. The number of allylic oxidation sites excluding steroid dienone is 1. The number of rotatable bonds is 3. The van der Waals surface area contributed by atoms with Gasteiger partial charge in [-0.05, 0) is 11.8 Å². The molecular weight excluding hydrogens is 230 g/mol. The number of thioether (sulfide) groups is 1. The molecule has 0 aliphatic carbocycles. The summed E-state index contributed by atoms with van der Waals surface area (Å²) in [6.45, 7) is 5.56. The van der Waals surface area contributed by atoms with Gasteiger partial charge in [0.15, 0.2) is 0 Å². The molecule has 0 bridgehead atoms. The first kappa shape index (κ1) is 12.2. The molecule has 3 nitrogen and oxygen atoms in total. The van der Waals surface area contributed by atoms with Crippen LogP contribution in [0.5, 0.6) is 0 Å². The maximum atomic E-state index is 5.84. The second-order valence-corrected chi connectivity index (χ2v) is 4.49. The predicted octanol–water partition coefficient (Wildman–Crippen LogP) is 2.65. The number of hydrogen-bond donors (Lipinski definition) is 2. The Hall–Kier alpha value is -0.870. The molecule has 0 amide bonds. The molecule has 0 aromatic carbocycles. The average molecular weight is 244 g/mol. The van der Waals surface area contributed by atoms with Crippen LogP contribution < -0.4 is 11.5 Å². The lowest BCUT2D eigenvalue weighted by Gasteiger charge is -2.16. The minimum Gasteiger partial charge on any atom is -0.393 e. The maximum Gasteiger partial charge on any atom is 0.131 e. The number of aliphatic imine (C=N–C) groups is 1. The van der Waals surface area contributed by atoms with E-state index >= 15 is 0 Å². The zero-order chi connectivity index (χ0) is 11.4. The number of hydrogen-bond acceptors (Lipinski definition) is 3. The molecule has 1 rings (SSSR count). The van der Waals surface area contributed by atoms with Crippen LogP contribution in [-0.4, -0.2) is 5.84 Å². The lowest BCUT2D eigenvalue weighted by molar-refractivity contribution is 1.01. The molecular formula is C10H14ClN3S. The predicted molar refractivity (Wildman–Crippen MR) is 68.4 cm³/mol. The van der Waals surface area contributed by atoms with Crippen molar-refractivity contribution in [1.29, 1.82) is 0 Å². The van der Waals surface area contributed by atoms with E-state index < -0.39 is 0 Å². The second kappa shape index (κ2) is 5.28. The maximum absolute atomic E-state index is 5.84. The summed E-state index contributed by atoms with van der Waals surface area (Å²) >= 11 is 7.04. The fourth-order valence-corrected chi connectivity index (χ4v) is 2.15. The fraction of sp³-hybridized carbons (Fsp3) is 0.300. The van der Waals surface area contributed by atoms with E-state index in [2.05, 4.69) is 23.9 Å². The Kier molecular flexibility index (Phi) is 4.29. The summed E-state index contributed by atoms with van der Waals surface area (Å²) < 4.78 is 0. The van der Waals surface area contributed by atoms with E-state index in [0.717, 1.165) is 18.4 Å². The first-order valence-electron chi connectivity index (χ1n) is 4.56. The van der Waals surface area contributed by atoms with Crippen molar-refractivity contribution in [2.75, 3.05) is 0 Å². The number of amidine groups is 1. The molecule has 0 saturated carbocycles. The van der Waals surface area contributed by atoms with Crippen molar-refractivity contribution in [2.24, 2.45) is 16.5 Å². The van der Waals surface area contributed by atoms with Gasteiger partial charge in [-0.25, -0.2) is 4.99 Å². The first-order chi connectivity index (χ1) is 7.04. The van der Waals surface area contributed by atoms with Gasteiger partial charge in [0.05, 0.1) is 5.03 Å². The monoisotopic (exact) mass is 243 g/mol. The Morgan fingerprint density at radius 2 is 2.40 bits per heavy atom. The van der Waals surface area contributed by atoms with Gasteiger partial charge in [0.2, 0.25) is 0 Å². The summed E-state index contributed by atoms with van der Waals surface area (Å²) in [6.07, 6.45) is 1.73. The van der Waals surface area contributed by atoms with Crippen molar-refractivity contribution < 1.29 is 0 Å². The summed E-state index contributed by atoms with van der Waals surface area (Å²) in [5.41, 5.74) is 13.8. The van der Waals surface area contributed by atoms with E-state index in [1.807, 2.05) is 0 Å². The van der Waals surface area contributed by atoms with Crippen LogP contribution in [0.3, 0.4) is 0 Å². The largest absolute Gasteiger partial charge is 0.393 e. The van der Waals surface area contributed by atoms with Crippen LogP contribution >= 0.6 is 23.4 Å². The zero-order valence-corrected chi connectivity index (χ0v) is 10.2. The zero-order valence-electron chi connectivity index (χ0n) is 8.59. The van der Waals surface area contributed by atoms with Crippen LogP contribution in [0.2, 0.25) is 0 Å². The van der Waals surface area contributed by atoms with E-state index in [9.17, 15) is 0 Å². The lowest BCUT2D eigenvalue weighted by atomic mass is 10.0. The number of nitrogens with two attached hydrogens (primary N) is 2. The third-order valence-corrected chi connectivity index (χ3v) is 3.09. The van der Waals surface area contributed by atoms with Gasteiger partial charge in [-0.2, -0.15) is 0 Å². The van der Waals surface area contributed by atoms with Gasteiger partial charge < -0.3 is 11.5 Å². The Bertz CT molecular complexity index is 369. The highest BCUT2D eigenvalue weighted by Gasteiger charge is 2.15. The van der Waals surface area contributed by atoms with E-state index in [1.165, 1.54) is 17.3 Å². The van der Waals surface area contributed by atoms with Crippen molar-refractivity contribution in [1.82, 2.24) is 0 Å². The Balaban J connectivity index is 2.90. The summed E-state index contributed by atoms with van der Waals surface area (Å²) in [4.78, 5) is 3.91. The molecule has 0 radical (unpaired) electrons. The molecule has 1 aliphatic heterocycles. The highest BCUT2D eigenvalue weighted by atomic mass is 35.5. The van der Waals surface area contributed by atoms with Crippen LogP contribution in [0, 0.1) is 0 Å². The van der Waals surface area contributed by atoms with E-state index in [1.54, 1.807) is 0 Å². The lowest BCUT2D eigenvalue weighted by Crippen LogP contribution is -2.20. The van der Waals surface area contributed by atoms with Crippen LogP contribution in [0.25, 0.3) is 0 Å². The van der Waals surface area contributed by atoms with Crippen molar-refractivity contribution >= 4 is 29.2 Å². The van der Waals surface area contributed by atoms with Crippen LogP contribution in [0.1, 0.15) is 19.8 Å². The summed E-state index contributed by atoms with van der Waals surface area (Å²) in [5.74, 6) is 0.360. The average Bonchev–Trinajstić information content (AvgIpc) is 2.17. The Morgan fingerprint density at radius 3 is 2.93 bits per heavy atom.